The predicted molar refractivity (Wildman–Crippen MR) is 104 cm³/mol. The fourth-order valence-corrected chi connectivity index (χ4v) is 3.44. The normalized spacial score (nSPS) is 23.2. The molecule has 1 aromatic rings. The number of esters is 1. The zero-order valence-electron chi connectivity index (χ0n) is 16.3. The number of urea groups is 1. The Morgan fingerprint density at radius 3 is 2.72 bits per heavy atom. The Labute approximate surface area is 169 Å². The molecular weight excluding hydrogens is 374 g/mol. The van der Waals surface area contributed by atoms with Crippen molar-refractivity contribution in [2.75, 3.05) is 6.61 Å². The van der Waals surface area contributed by atoms with E-state index in [-0.39, 0.29) is 12.3 Å². The van der Waals surface area contributed by atoms with Gasteiger partial charge in [0.2, 0.25) is 0 Å². The van der Waals surface area contributed by atoms with Gasteiger partial charge < -0.3 is 10.1 Å². The van der Waals surface area contributed by atoms with Crippen LogP contribution in [0, 0.1) is 5.92 Å². The van der Waals surface area contributed by atoms with Gasteiger partial charge in [-0.15, -0.1) is 0 Å². The molecule has 8 nitrogen and oxygen atoms in total. The number of nitrogens with zero attached hydrogens (tertiary/aromatic N) is 1. The molecule has 4 amide bonds. The van der Waals surface area contributed by atoms with Crippen LogP contribution in [0.4, 0.5) is 4.79 Å². The topological polar surface area (TPSA) is 105 Å². The monoisotopic (exact) mass is 399 g/mol. The summed E-state index contributed by atoms with van der Waals surface area (Å²) in [5.41, 5.74) is 2.15. The molecule has 1 aromatic carbocycles. The number of ether oxygens (including phenoxy) is 1. The van der Waals surface area contributed by atoms with Crippen molar-refractivity contribution in [2.45, 2.75) is 44.6 Å². The number of allylic oxidation sites excluding steroid dienone is 2. The molecule has 29 heavy (non-hydrogen) atoms. The second-order valence-corrected chi connectivity index (χ2v) is 7.55. The molecule has 2 atom stereocenters. The minimum Gasteiger partial charge on any atom is -0.455 e. The van der Waals surface area contributed by atoms with Crippen molar-refractivity contribution in [3.8, 4) is 0 Å². The van der Waals surface area contributed by atoms with Crippen LogP contribution in [0.3, 0.4) is 0 Å². The molecule has 3 rings (SSSR count). The van der Waals surface area contributed by atoms with E-state index in [0.717, 1.165) is 18.4 Å². The first-order valence-electron chi connectivity index (χ1n) is 9.70. The Hall–Kier alpha value is -3.16. The Morgan fingerprint density at radius 1 is 1.28 bits per heavy atom. The number of imide groups is 1. The lowest BCUT2D eigenvalue weighted by Crippen LogP contribution is -2.50. The first-order chi connectivity index (χ1) is 13.9. The molecule has 1 fully saturated rings. The van der Waals surface area contributed by atoms with Crippen molar-refractivity contribution in [1.82, 2.24) is 15.8 Å². The second-order valence-electron chi connectivity index (χ2n) is 7.55. The van der Waals surface area contributed by atoms with Gasteiger partial charge in [-0.2, -0.15) is 5.01 Å². The summed E-state index contributed by atoms with van der Waals surface area (Å²) in [6.07, 6.45) is 7.00. The highest BCUT2D eigenvalue weighted by Gasteiger charge is 2.48. The summed E-state index contributed by atoms with van der Waals surface area (Å²) in [5, 5.41) is 3.28. The minimum absolute atomic E-state index is 0.141. The number of hydrazine groups is 1. The van der Waals surface area contributed by atoms with Crippen molar-refractivity contribution in [3.63, 3.8) is 0 Å². The van der Waals surface area contributed by atoms with E-state index in [9.17, 15) is 19.2 Å². The van der Waals surface area contributed by atoms with Gasteiger partial charge >= 0.3 is 12.0 Å². The highest BCUT2D eigenvalue weighted by atomic mass is 16.5. The summed E-state index contributed by atoms with van der Waals surface area (Å²) in [6, 6.07) is 8.90. The van der Waals surface area contributed by atoms with Gasteiger partial charge in [0.15, 0.2) is 6.61 Å². The average molecular weight is 399 g/mol. The van der Waals surface area contributed by atoms with Crippen LogP contribution in [-0.2, 0) is 25.5 Å². The highest BCUT2D eigenvalue weighted by molar-refractivity contribution is 6.07. The SMILES string of the molecule is C[C@@]1(CCc2ccccc2)NC(=O)N(NC(=O)COC(=O)C[C@H]2C=CCC2)C1=O. The molecule has 1 saturated heterocycles. The lowest BCUT2D eigenvalue weighted by Gasteiger charge is -2.21. The van der Waals surface area contributed by atoms with Crippen molar-refractivity contribution in [3.05, 3.63) is 48.0 Å². The van der Waals surface area contributed by atoms with E-state index in [0.29, 0.717) is 17.9 Å². The average Bonchev–Trinajstić information content (AvgIpc) is 3.28. The van der Waals surface area contributed by atoms with Crippen LogP contribution in [0.5, 0.6) is 0 Å². The van der Waals surface area contributed by atoms with Gasteiger partial charge in [0.05, 0.1) is 6.42 Å². The van der Waals surface area contributed by atoms with E-state index in [2.05, 4.69) is 10.7 Å². The number of amides is 4. The van der Waals surface area contributed by atoms with Gasteiger partial charge in [0.1, 0.15) is 5.54 Å². The molecule has 8 heteroatoms. The maximum atomic E-state index is 12.7. The van der Waals surface area contributed by atoms with E-state index in [1.807, 2.05) is 42.5 Å². The van der Waals surface area contributed by atoms with Crippen molar-refractivity contribution in [2.24, 2.45) is 5.92 Å². The predicted octanol–water partition coefficient (Wildman–Crippen LogP) is 1.86. The fourth-order valence-electron chi connectivity index (χ4n) is 3.44. The van der Waals surface area contributed by atoms with Crippen LogP contribution in [-0.4, -0.2) is 41.0 Å². The molecular formula is C21H25N3O5. The molecule has 154 valence electrons. The summed E-state index contributed by atoms with van der Waals surface area (Å²) in [7, 11) is 0. The van der Waals surface area contributed by atoms with Crippen LogP contribution < -0.4 is 10.7 Å². The van der Waals surface area contributed by atoms with E-state index < -0.39 is 36.0 Å². The minimum atomic E-state index is -1.12. The maximum Gasteiger partial charge on any atom is 0.344 e. The summed E-state index contributed by atoms with van der Waals surface area (Å²) in [6.45, 7) is 1.07. The molecule has 1 aliphatic heterocycles. The molecule has 0 unspecified atom stereocenters. The number of hydrogen-bond acceptors (Lipinski definition) is 5. The molecule has 1 aliphatic carbocycles. The molecule has 2 aliphatic rings. The third-order valence-electron chi connectivity index (χ3n) is 5.16. The highest BCUT2D eigenvalue weighted by Crippen LogP contribution is 2.22. The van der Waals surface area contributed by atoms with Crippen LogP contribution in [0.25, 0.3) is 0 Å². The number of carbonyl (C=O) groups excluding carboxylic acids is 4. The van der Waals surface area contributed by atoms with Gasteiger partial charge in [-0.25, -0.2) is 4.79 Å². The summed E-state index contributed by atoms with van der Waals surface area (Å²) >= 11 is 0. The standard InChI is InChI=1S/C21H25N3O5/c1-21(12-11-15-7-3-2-4-8-15)19(27)24(20(28)22-21)23-17(25)14-29-18(26)13-16-9-5-6-10-16/h2-5,7-9,16H,6,10-14H2,1H3,(H,22,28)(H,23,25)/t16-,21-/m0/s1. The molecule has 2 N–H and O–H groups in total. The number of benzene rings is 1. The number of nitrogens with one attached hydrogen (secondary N) is 2. The number of carbonyl (C=O) groups is 4. The number of rotatable bonds is 8. The number of aryl methyl sites for hydroxylation is 1. The van der Waals surface area contributed by atoms with E-state index >= 15 is 0 Å². The Kier molecular flexibility index (Phi) is 6.31. The van der Waals surface area contributed by atoms with Gasteiger partial charge in [-0.05, 0) is 44.1 Å². The van der Waals surface area contributed by atoms with Crippen LogP contribution in [0.2, 0.25) is 0 Å². The van der Waals surface area contributed by atoms with Crippen LogP contribution >= 0.6 is 0 Å². The van der Waals surface area contributed by atoms with Gasteiger partial charge in [-0.3, -0.25) is 19.8 Å². The zero-order chi connectivity index (χ0) is 20.9. The van der Waals surface area contributed by atoms with Crippen molar-refractivity contribution < 1.29 is 23.9 Å². The smallest absolute Gasteiger partial charge is 0.344 e. The van der Waals surface area contributed by atoms with Gasteiger partial charge in [0.25, 0.3) is 11.8 Å². The zero-order valence-corrected chi connectivity index (χ0v) is 16.3. The molecule has 0 saturated carbocycles. The van der Waals surface area contributed by atoms with Crippen molar-refractivity contribution in [1.29, 1.82) is 0 Å². The largest absolute Gasteiger partial charge is 0.455 e. The molecule has 0 radical (unpaired) electrons. The third-order valence-corrected chi connectivity index (χ3v) is 5.16. The Bertz CT molecular complexity index is 823. The van der Waals surface area contributed by atoms with E-state index in [1.54, 1.807) is 6.92 Å². The Balaban J connectivity index is 1.47. The van der Waals surface area contributed by atoms with E-state index in [1.165, 1.54) is 0 Å². The summed E-state index contributed by atoms with van der Waals surface area (Å²) in [5.74, 6) is -1.63. The third kappa shape index (κ3) is 5.22. The fraction of sp³-hybridized carbons (Fsp3) is 0.429. The lowest BCUT2D eigenvalue weighted by molar-refractivity contribution is -0.151. The summed E-state index contributed by atoms with van der Waals surface area (Å²) in [4.78, 5) is 48.7. The molecule has 1 heterocycles. The molecule has 0 aromatic heterocycles. The Morgan fingerprint density at radius 2 is 2.03 bits per heavy atom. The summed E-state index contributed by atoms with van der Waals surface area (Å²) < 4.78 is 4.95. The second kappa shape index (κ2) is 8.89. The van der Waals surface area contributed by atoms with Gasteiger partial charge in [0, 0.05) is 0 Å². The quantitative estimate of drug-likeness (QED) is 0.394. The first-order valence-corrected chi connectivity index (χ1v) is 9.70. The van der Waals surface area contributed by atoms with E-state index in [4.69, 9.17) is 4.74 Å². The number of hydrogen-bond donors (Lipinski definition) is 2. The van der Waals surface area contributed by atoms with Crippen LogP contribution in [0.15, 0.2) is 42.5 Å². The maximum absolute atomic E-state index is 12.7. The lowest BCUT2D eigenvalue weighted by atomic mass is 9.93. The van der Waals surface area contributed by atoms with Crippen LogP contribution in [0.1, 0.15) is 38.2 Å². The van der Waals surface area contributed by atoms with Crippen molar-refractivity contribution >= 4 is 23.8 Å². The van der Waals surface area contributed by atoms with Gasteiger partial charge in [-0.1, -0.05) is 42.5 Å². The first kappa shape index (κ1) is 20.6. The molecule has 0 bridgehead atoms. The molecule has 0 spiro atoms.